The molecule has 0 spiro atoms. The quantitative estimate of drug-likeness (QED) is 0.538. The molecular weight excluding hydrogens is 374 g/mol. The van der Waals surface area contributed by atoms with Crippen LogP contribution in [0, 0.1) is 0 Å². The van der Waals surface area contributed by atoms with Crippen LogP contribution in [0.25, 0.3) is 11.0 Å². The molecule has 122 valence electrons. The average Bonchev–Trinajstić information content (AvgIpc) is 2.97. The SMILES string of the molecule is COc1ccc(Br)cc1/C=N/NC(=O)Cn1nc2ccccc2n1. The number of halogens is 1. The van der Waals surface area contributed by atoms with Gasteiger partial charge in [0.25, 0.3) is 5.91 Å². The highest BCUT2D eigenvalue weighted by atomic mass is 79.9. The van der Waals surface area contributed by atoms with E-state index in [4.69, 9.17) is 4.74 Å². The van der Waals surface area contributed by atoms with Crippen molar-refractivity contribution in [3.8, 4) is 5.75 Å². The molecule has 0 aliphatic heterocycles. The minimum Gasteiger partial charge on any atom is -0.496 e. The molecule has 24 heavy (non-hydrogen) atoms. The van der Waals surface area contributed by atoms with Crippen LogP contribution in [0.15, 0.2) is 52.0 Å². The van der Waals surface area contributed by atoms with E-state index in [1.165, 1.54) is 11.0 Å². The Bertz CT molecular complexity index is 873. The van der Waals surface area contributed by atoms with E-state index in [0.717, 1.165) is 21.1 Å². The number of ether oxygens (including phenoxy) is 1. The summed E-state index contributed by atoms with van der Waals surface area (Å²) in [4.78, 5) is 13.3. The maximum atomic E-state index is 11.9. The lowest BCUT2D eigenvalue weighted by Gasteiger charge is -2.04. The van der Waals surface area contributed by atoms with Crippen molar-refractivity contribution >= 4 is 39.1 Å². The number of methoxy groups -OCH3 is 1. The zero-order chi connectivity index (χ0) is 16.9. The van der Waals surface area contributed by atoms with Gasteiger partial charge in [-0.3, -0.25) is 4.79 Å². The summed E-state index contributed by atoms with van der Waals surface area (Å²) in [6.45, 7) is -0.0123. The minimum atomic E-state index is -0.319. The number of rotatable bonds is 5. The summed E-state index contributed by atoms with van der Waals surface area (Å²) >= 11 is 3.38. The zero-order valence-electron chi connectivity index (χ0n) is 12.8. The van der Waals surface area contributed by atoms with Gasteiger partial charge in [-0.25, -0.2) is 5.43 Å². The fourth-order valence-corrected chi connectivity index (χ4v) is 2.50. The molecule has 0 atom stereocenters. The maximum absolute atomic E-state index is 11.9. The van der Waals surface area contributed by atoms with E-state index in [1.54, 1.807) is 7.11 Å². The minimum absolute atomic E-state index is 0.0123. The summed E-state index contributed by atoms with van der Waals surface area (Å²) in [7, 11) is 1.58. The first-order valence-electron chi connectivity index (χ1n) is 7.11. The van der Waals surface area contributed by atoms with E-state index in [2.05, 4.69) is 36.7 Å². The van der Waals surface area contributed by atoms with Gasteiger partial charge < -0.3 is 4.74 Å². The number of aromatic nitrogens is 3. The van der Waals surface area contributed by atoms with E-state index in [9.17, 15) is 4.79 Å². The van der Waals surface area contributed by atoms with Gasteiger partial charge in [0.15, 0.2) is 0 Å². The molecule has 1 N–H and O–H groups in total. The Morgan fingerprint density at radius 1 is 1.29 bits per heavy atom. The number of amides is 1. The Balaban J connectivity index is 1.64. The second-order valence-electron chi connectivity index (χ2n) is 4.90. The van der Waals surface area contributed by atoms with Crippen LogP contribution in [0.5, 0.6) is 5.75 Å². The van der Waals surface area contributed by atoms with Gasteiger partial charge in [-0.05, 0) is 30.3 Å². The Morgan fingerprint density at radius 3 is 2.67 bits per heavy atom. The number of carbonyl (C=O) groups excluding carboxylic acids is 1. The van der Waals surface area contributed by atoms with Crippen LogP contribution in [0.2, 0.25) is 0 Å². The van der Waals surface area contributed by atoms with Crippen LogP contribution in [0.4, 0.5) is 0 Å². The molecular formula is C16H14BrN5O2. The van der Waals surface area contributed by atoms with Crippen molar-refractivity contribution in [1.82, 2.24) is 20.4 Å². The lowest BCUT2D eigenvalue weighted by molar-refractivity contribution is -0.122. The fourth-order valence-electron chi connectivity index (χ4n) is 2.12. The summed E-state index contributed by atoms with van der Waals surface area (Å²) in [5.74, 6) is 0.344. The molecule has 1 amide bonds. The van der Waals surface area contributed by atoms with Crippen molar-refractivity contribution in [2.24, 2.45) is 5.10 Å². The molecule has 0 radical (unpaired) electrons. The average molecular weight is 388 g/mol. The Hall–Kier alpha value is -2.74. The predicted molar refractivity (Wildman–Crippen MR) is 94.0 cm³/mol. The molecule has 0 bridgehead atoms. The third-order valence-electron chi connectivity index (χ3n) is 3.20. The smallest absolute Gasteiger partial charge is 0.263 e. The van der Waals surface area contributed by atoms with Gasteiger partial charge in [-0.15, -0.1) is 0 Å². The summed E-state index contributed by atoms with van der Waals surface area (Å²) in [5, 5.41) is 12.4. The summed E-state index contributed by atoms with van der Waals surface area (Å²) in [6.07, 6.45) is 1.52. The lowest BCUT2D eigenvalue weighted by atomic mass is 10.2. The first-order valence-corrected chi connectivity index (χ1v) is 7.90. The van der Waals surface area contributed by atoms with Crippen LogP contribution in [0.1, 0.15) is 5.56 Å². The van der Waals surface area contributed by atoms with Gasteiger partial charge in [0.2, 0.25) is 0 Å². The predicted octanol–water partition coefficient (Wildman–Crippen LogP) is 2.35. The van der Waals surface area contributed by atoms with Gasteiger partial charge in [0.05, 0.1) is 13.3 Å². The van der Waals surface area contributed by atoms with Crippen molar-refractivity contribution in [2.45, 2.75) is 6.54 Å². The third-order valence-corrected chi connectivity index (χ3v) is 3.69. The van der Waals surface area contributed by atoms with Crippen molar-refractivity contribution in [3.63, 3.8) is 0 Å². The van der Waals surface area contributed by atoms with Crippen LogP contribution < -0.4 is 10.2 Å². The molecule has 0 saturated heterocycles. The van der Waals surface area contributed by atoms with Gasteiger partial charge >= 0.3 is 0 Å². The summed E-state index contributed by atoms with van der Waals surface area (Å²) in [6, 6.07) is 12.9. The molecule has 0 aliphatic rings. The number of hydrogen-bond acceptors (Lipinski definition) is 5. The number of nitrogens with one attached hydrogen (secondary N) is 1. The van der Waals surface area contributed by atoms with Crippen LogP contribution in [-0.4, -0.2) is 34.2 Å². The number of carbonyl (C=O) groups is 1. The Morgan fingerprint density at radius 2 is 2.00 bits per heavy atom. The van der Waals surface area contributed by atoms with Crippen LogP contribution in [-0.2, 0) is 11.3 Å². The normalized spacial score (nSPS) is 11.1. The zero-order valence-corrected chi connectivity index (χ0v) is 14.4. The molecule has 3 rings (SSSR count). The first-order chi connectivity index (χ1) is 11.7. The van der Waals surface area contributed by atoms with Crippen LogP contribution >= 0.6 is 15.9 Å². The van der Waals surface area contributed by atoms with E-state index in [-0.39, 0.29) is 12.5 Å². The largest absolute Gasteiger partial charge is 0.496 e. The topological polar surface area (TPSA) is 81.4 Å². The maximum Gasteiger partial charge on any atom is 0.263 e. The molecule has 0 fully saturated rings. The first kappa shape index (κ1) is 16.1. The van der Waals surface area contributed by atoms with E-state index >= 15 is 0 Å². The molecule has 8 heteroatoms. The van der Waals surface area contributed by atoms with E-state index < -0.39 is 0 Å². The highest BCUT2D eigenvalue weighted by Gasteiger charge is 2.06. The molecule has 7 nitrogen and oxygen atoms in total. The number of hydrogen-bond donors (Lipinski definition) is 1. The molecule has 3 aromatic rings. The fraction of sp³-hybridized carbons (Fsp3) is 0.125. The highest BCUT2D eigenvalue weighted by Crippen LogP contribution is 2.21. The molecule has 0 saturated carbocycles. The molecule has 0 aliphatic carbocycles. The molecule has 1 aromatic heterocycles. The summed E-state index contributed by atoms with van der Waals surface area (Å²) in [5.41, 5.74) is 4.69. The second kappa shape index (κ2) is 7.22. The van der Waals surface area contributed by atoms with E-state index in [1.807, 2.05) is 42.5 Å². The van der Waals surface area contributed by atoms with Crippen molar-refractivity contribution in [3.05, 3.63) is 52.5 Å². The molecule has 2 aromatic carbocycles. The Labute approximate surface area is 146 Å². The van der Waals surface area contributed by atoms with Crippen molar-refractivity contribution < 1.29 is 9.53 Å². The number of benzene rings is 2. The second-order valence-corrected chi connectivity index (χ2v) is 5.81. The summed E-state index contributed by atoms with van der Waals surface area (Å²) < 4.78 is 6.13. The third kappa shape index (κ3) is 3.77. The lowest BCUT2D eigenvalue weighted by Crippen LogP contribution is -2.24. The monoisotopic (exact) mass is 387 g/mol. The molecule has 0 unspecified atom stereocenters. The highest BCUT2D eigenvalue weighted by molar-refractivity contribution is 9.10. The number of hydrazone groups is 1. The Kier molecular flexibility index (Phi) is 4.85. The van der Waals surface area contributed by atoms with Gasteiger partial charge in [-0.2, -0.15) is 20.1 Å². The number of fused-ring (bicyclic) bond motifs is 1. The number of nitrogens with zero attached hydrogens (tertiary/aromatic N) is 4. The van der Waals surface area contributed by atoms with Crippen LogP contribution in [0.3, 0.4) is 0 Å². The van der Waals surface area contributed by atoms with Gasteiger partial charge in [0, 0.05) is 10.0 Å². The van der Waals surface area contributed by atoms with Gasteiger partial charge in [0.1, 0.15) is 23.3 Å². The van der Waals surface area contributed by atoms with Gasteiger partial charge in [-0.1, -0.05) is 28.1 Å². The van der Waals surface area contributed by atoms with Crippen molar-refractivity contribution in [2.75, 3.05) is 7.11 Å². The van der Waals surface area contributed by atoms with Crippen molar-refractivity contribution in [1.29, 1.82) is 0 Å². The standard InChI is InChI=1S/C16H14BrN5O2/c1-24-15-7-6-12(17)8-11(15)9-18-19-16(23)10-22-20-13-4-2-3-5-14(13)21-22/h2-9H,10H2,1H3,(H,19,23)/b18-9+. The van der Waals surface area contributed by atoms with E-state index in [0.29, 0.717) is 5.75 Å². The molecule has 1 heterocycles.